The van der Waals surface area contributed by atoms with Crippen molar-refractivity contribution in [1.29, 1.82) is 0 Å². The maximum Gasteiger partial charge on any atom is 0.251 e. The molecule has 0 spiro atoms. The molecule has 1 unspecified atom stereocenters. The van der Waals surface area contributed by atoms with Crippen LogP contribution < -0.4 is 10.6 Å². The predicted octanol–water partition coefficient (Wildman–Crippen LogP) is 2.27. The highest BCUT2D eigenvalue weighted by molar-refractivity contribution is 5.95. The Morgan fingerprint density at radius 3 is 2.89 bits per heavy atom. The second-order valence-corrected chi connectivity index (χ2v) is 4.27. The smallest absolute Gasteiger partial charge is 0.251 e. The van der Waals surface area contributed by atoms with Crippen molar-refractivity contribution in [2.24, 2.45) is 0 Å². The van der Waals surface area contributed by atoms with E-state index in [1.165, 1.54) is 0 Å². The van der Waals surface area contributed by atoms with E-state index in [0.29, 0.717) is 18.2 Å². The van der Waals surface area contributed by atoms with Crippen molar-refractivity contribution >= 4 is 11.6 Å². The van der Waals surface area contributed by atoms with Gasteiger partial charge < -0.3 is 15.4 Å². The van der Waals surface area contributed by atoms with E-state index >= 15 is 0 Å². The third-order valence-electron chi connectivity index (χ3n) is 2.63. The van der Waals surface area contributed by atoms with Gasteiger partial charge in [0.1, 0.15) is 0 Å². The van der Waals surface area contributed by atoms with Crippen LogP contribution in [0.2, 0.25) is 0 Å². The van der Waals surface area contributed by atoms with Crippen LogP contribution in [0, 0.1) is 0 Å². The molecule has 4 nitrogen and oxygen atoms in total. The Morgan fingerprint density at radius 2 is 2.22 bits per heavy atom. The van der Waals surface area contributed by atoms with E-state index in [2.05, 4.69) is 17.6 Å². The SMILES string of the molecule is CCNC(=O)c1cccc(NC(C)CCOC)c1. The fourth-order valence-corrected chi connectivity index (χ4v) is 1.66. The molecule has 0 saturated heterocycles. The first-order valence-electron chi connectivity index (χ1n) is 6.31. The number of amides is 1. The summed E-state index contributed by atoms with van der Waals surface area (Å²) in [5, 5.41) is 6.14. The summed E-state index contributed by atoms with van der Waals surface area (Å²) in [6.45, 7) is 5.37. The van der Waals surface area contributed by atoms with E-state index < -0.39 is 0 Å². The molecule has 100 valence electrons. The number of methoxy groups -OCH3 is 1. The minimum Gasteiger partial charge on any atom is -0.385 e. The number of hydrogen-bond acceptors (Lipinski definition) is 3. The zero-order chi connectivity index (χ0) is 13.4. The zero-order valence-corrected chi connectivity index (χ0v) is 11.3. The summed E-state index contributed by atoms with van der Waals surface area (Å²) >= 11 is 0. The lowest BCUT2D eigenvalue weighted by atomic mass is 10.1. The molecule has 18 heavy (non-hydrogen) atoms. The highest BCUT2D eigenvalue weighted by Gasteiger charge is 2.06. The molecular weight excluding hydrogens is 228 g/mol. The summed E-state index contributed by atoms with van der Waals surface area (Å²) in [5.41, 5.74) is 1.64. The maximum absolute atomic E-state index is 11.7. The summed E-state index contributed by atoms with van der Waals surface area (Å²) in [4.78, 5) is 11.7. The fourth-order valence-electron chi connectivity index (χ4n) is 1.66. The first-order chi connectivity index (χ1) is 8.67. The molecule has 0 saturated carbocycles. The number of carbonyl (C=O) groups excluding carboxylic acids is 1. The lowest BCUT2D eigenvalue weighted by molar-refractivity contribution is 0.0956. The topological polar surface area (TPSA) is 50.4 Å². The van der Waals surface area contributed by atoms with Gasteiger partial charge in [-0.25, -0.2) is 0 Å². The van der Waals surface area contributed by atoms with Gasteiger partial charge in [-0.3, -0.25) is 4.79 Å². The lowest BCUT2D eigenvalue weighted by Gasteiger charge is -2.15. The van der Waals surface area contributed by atoms with Crippen LogP contribution in [0.25, 0.3) is 0 Å². The molecule has 0 aliphatic carbocycles. The third-order valence-corrected chi connectivity index (χ3v) is 2.63. The van der Waals surface area contributed by atoms with Crippen molar-refractivity contribution in [3.05, 3.63) is 29.8 Å². The van der Waals surface area contributed by atoms with Crippen LogP contribution in [0.15, 0.2) is 24.3 Å². The van der Waals surface area contributed by atoms with Gasteiger partial charge in [-0.1, -0.05) is 6.07 Å². The van der Waals surface area contributed by atoms with Crippen molar-refractivity contribution < 1.29 is 9.53 Å². The zero-order valence-electron chi connectivity index (χ0n) is 11.3. The second-order valence-electron chi connectivity index (χ2n) is 4.27. The monoisotopic (exact) mass is 250 g/mol. The van der Waals surface area contributed by atoms with Crippen molar-refractivity contribution in [3.63, 3.8) is 0 Å². The molecule has 1 aromatic rings. The van der Waals surface area contributed by atoms with E-state index in [-0.39, 0.29) is 5.91 Å². The van der Waals surface area contributed by atoms with Crippen LogP contribution >= 0.6 is 0 Å². The van der Waals surface area contributed by atoms with E-state index in [0.717, 1.165) is 18.7 Å². The number of nitrogens with one attached hydrogen (secondary N) is 2. The van der Waals surface area contributed by atoms with Crippen molar-refractivity contribution in [3.8, 4) is 0 Å². The number of benzene rings is 1. The number of ether oxygens (including phenoxy) is 1. The first-order valence-corrected chi connectivity index (χ1v) is 6.31. The van der Waals surface area contributed by atoms with E-state index in [1.807, 2.05) is 31.2 Å². The van der Waals surface area contributed by atoms with E-state index in [9.17, 15) is 4.79 Å². The van der Waals surface area contributed by atoms with Crippen LogP contribution in [-0.4, -0.2) is 32.2 Å². The molecule has 1 aromatic carbocycles. The highest BCUT2D eigenvalue weighted by Crippen LogP contribution is 2.12. The molecule has 0 radical (unpaired) electrons. The standard InChI is InChI=1S/C14H22N2O2/c1-4-15-14(17)12-6-5-7-13(10-12)16-11(2)8-9-18-3/h5-7,10-11,16H,4,8-9H2,1-3H3,(H,15,17). The number of carbonyl (C=O) groups is 1. The predicted molar refractivity (Wildman–Crippen MR) is 74.0 cm³/mol. The summed E-state index contributed by atoms with van der Waals surface area (Å²) in [6, 6.07) is 7.85. The molecule has 0 bridgehead atoms. The lowest BCUT2D eigenvalue weighted by Crippen LogP contribution is -2.23. The van der Waals surface area contributed by atoms with Gasteiger partial charge in [0, 0.05) is 37.6 Å². The minimum absolute atomic E-state index is 0.0364. The van der Waals surface area contributed by atoms with Crippen molar-refractivity contribution in [2.45, 2.75) is 26.3 Å². The van der Waals surface area contributed by atoms with Gasteiger partial charge in [-0.15, -0.1) is 0 Å². The number of hydrogen-bond donors (Lipinski definition) is 2. The van der Waals surface area contributed by atoms with Crippen LogP contribution in [0.4, 0.5) is 5.69 Å². The summed E-state index contributed by atoms with van der Waals surface area (Å²) < 4.78 is 5.04. The average Bonchev–Trinajstić information content (AvgIpc) is 2.37. The normalized spacial score (nSPS) is 11.9. The van der Waals surface area contributed by atoms with Crippen LogP contribution in [0.5, 0.6) is 0 Å². The number of rotatable bonds is 7. The van der Waals surface area contributed by atoms with E-state index in [4.69, 9.17) is 4.74 Å². The summed E-state index contributed by atoms with van der Waals surface area (Å²) in [5.74, 6) is -0.0364. The van der Waals surface area contributed by atoms with Crippen LogP contribution in [0.1, 0.15) is 30.6 Å². The molecule has 0 aliphatic rings. The molecule has 1 amide bonds. The van der Waals surface area contributed by atoms with Gasteiger partial charge in [0.15, 0.2) is 0 Å². The maximum atomic E-state index is 11.7. The van der Waals surface area contributed by atoms with Crippen molar-refractivity contribution in [2.75, 3.05) is 25.6 Å². The Bertz CT molecular complexity index is 380. The number of anilines is 1. The average molecular weight is 250 g/mol. The van der Waals surface area contributed by atoms with Gasteiger partial charge in [0.2, 0.25) is 0 Å². The highest BCUT2D eigenvalue weighted by atomic mass is 16.5. The van der Waals surface area contributed by atoms with Gasteiger partial charge in [-0.2, -0.15) is 0 Å². The third kappa shape index (κ3) is 4.75. The molecule has 0 aromatic heterocycles. The summed E-state index contributed by atoms with van der Waals surface area (Å²) in [7, 11) is 1.70. The van der Waals surface area contributed by atoms with Gasteiger partial charge in [0.25, 0.3) is 5.91 Å². The molecule has 4 heteroatoms. The van der Waals surface area contributed by atoms with Gasteiger partial charge in [0.05, 0.1) is 0 Å². The van der Waals surface area contributed by atoms with Crippen molar-refractivity contribution in [1.82, 2.24) is 5.32 Å². The largest absolute Gasteiger partial charge is 0.385 e. The Balaban J connectivity index is 2.61. The summed E-state index contributed by atoms with van der Waals surface area (Å²) in [6.07, 6.45) is 0.932. The Kier molecular flexibility index (Phi) is 6.22. The molecule has 1 rings (SSSR count). The quantitative estimate of drug-likeness (QED) is 0.780. The molecule has 2 N–H and O–H groups in total. The Morgan fingerprint density at radius 1 is 1.44 bits per heavy atom. The Hall–Kier alpha value is -1.55. The molecule has 0 aliphatic heterocycles. The van der Waals surface area contributed by atoms with E-state index in [1.54, 1.807) is 7.11 Å². The second kappa shape index (κ2) is 7.71. The molecule has 0 heterocycles. The molecular formula is C14H22N2O2. The molecule has 0 fully saturated rings. The van der Waals surface area contributed by atoms with Gasteiger partial charge >= 0.3 is 0 Å². The van der Waals surface area contributed by atoms with Gasteiger partial charge in [-0.05, 0) is 38.5 Å². The minimum atomic E-state index is -0.0364. The van der Waals surface area contributed by atoms with Crippen LogP contribution in [-0.2, 0) is 4.74 Å². The van der Waals surface area contributed by atoms with Crippen LogP contribution in [0.3, 0.4) is 0 Å². The Labute approximate surface area is 109 Å². The first kappa shape index (κ1) is 14.5. The molecule has 1 atom stereocenters. The fraction of sp³-hybridized carbons (Fsp3) is 0.500.